The van der Waals surface area contributed by atoms with Crippen LogP contribution in [0, 0.1) is 17.1 Å². The molecule has 0 atom stereocenters. The number of anilines is 1. The molecule has 0 radical (unpaired) electrons. The molecular formula is C9H5BrClFN2O. The Bertz CT molecular complexity index is 421. The van der Waals surface area contributed by atoms with E-state index in [4.69, 9.17) is 16.9 Å². The molecule has 1 amide bonds. The average Bonchev–Trinajstić information content (AvgIpc) is 2.11. The minimum atomic E-state index is -0.509. The number of amides is 1. The molecule has 1 rings (SSSR count). The summed E-state index contributed by atoms with van der Waals surface area (Å²) in [6.45, 7) is 0. The summed E-state index contributed by atoms with van der Waals surface area (Å²) in [5.74, 6) is -1.00. The lowest BCUT2D eigenvalue weighted by Crippen LogP contribution is -2.11. The Labute approximate surface area is 99.0 Å². The molecule has 0 fully saturated rings. The van der Waals surface area contributed by atoms with E-state index in [2.05, 4.69) is 21.2 Å². The van der Waals surface area contributed by atoms with Gasteiger partial charge in [-0.3, -0.25) is 4.79 Å². The van der Waals surface area contributed by atoms with E-state index in [-0.39, 0.29) is 17.1 Å². The number of benzene rings is 1. The van der Waals surface area contributed by atoms with Crippen LogP contribution in [0.25, 0.3) is 0 Å². The van der Waals surface area contributed by atoms with Gasteiger partial charge in [-0.2, -0.15) is 5.26 Å². The van der Waals surface area contributed by atoms with E-state index in [1.54, 1.807) is 6.07 Å². The van der Waals surface area contributed by atoms with Crippen molar-refractivity contribution < 1.29 is 9.18 Å². The van der Waals surface area contributed by atoms with Crippen molar-refractivity contribution >= 4 is 39.1 Å². The Morgan fingerprint density at radius 3 is 2.87 bits per heavy atom. The minimum Gasteiger partial charge on any atom is -0.323 e. The van der Waals surface area contributed by atoms with Gasteiger partial charge in [0, 0.05) is 4.47 Å². The van der Waals surface area contributed by atoms with Gasteiger partial charge in [-0.15, -0.1) is 0 Å². The van der Waals surface area contributed by atoms with E-state index in [1.807, 2.05) is 0 Å². The summed E-state index contributed by atoms with van der Waals surface area (Å²) in [6.07, 6.45) is -0.278. The summed E-state index contributed by atoms with van der Waals surface area (Å²) in [5, 5.41) is 10.8. The Hall–Kier alpha value is -1.12. The highest BCUT2D eigenvalue weighted by molar-refractivity contribution is 9.10. The summed E-state index contributed by atoms with van der Waals surface area (Å²) in [7, 11) is 0. The highest BCUT2D eigenvalue weighted by atomic mass is 79.9. The fourth-order valence-corrected chi connectivity index (χ4v) is 1.82. The number of nitrogens with zero attached hydrogens (tertiary/aromatic N) is 1. The van der Waals surface area contributed by atoms with Gasteiger partial charge in [0.05, 0.1) is 16.8 Å². The maximum Gasteiger partial charge on any atom is 0.238 e. The Morgan fingerprint density at radius 1 is 1.67 bits per heavy atom. The number of halogens is 3. The van der Waals surface area contributed by atoms with Gasteiger partial charge in [-0.05, 0) is 28.1 Å². The van der Waals surface area contributed by atoms with E-state index < -0.39 is 11.7 Å². The van der Waals surface area contributed by atoms with Gasteiger partial charge in [-0.1, -0.05) is 11.6 Å². The first-order chi connectivity index (χ1) is 7.04. The quantitative estimate of drug-likeness (QED) is 0.910. The summed E-state index contributed by atoms with van der Waals surface area (Å²) in [4.78, 5) is 11.1. The predicted molar refractivity (Wildman–Crippen MR) is 58.0 cm³/mol. The van der Waals surface area contributed by atoms with Crippen molar-refractivity contribution in [2.24, 2.45) is 0 Å². The zero-order valence-electron chi connectivity index (χ0n) is 7.35. The molecule has 0 aromatic heterocycles. The van der Waals surface area contributed by atoms with Gasteiger partial charge in [0.1, 0.15) is 12.2 Å². The fourth-order valence-electron chi connectivity index (χ4n) is 0.917. The lowest BCUT2D eigenvalue weighted by molar-refractivity contribution is -0.115. The largest absolute Gasteiger partial charge is 0.323 e. The van der Waals surface area contributed by atoms with Crippen LogP contribution >= 0.6 is 27.5 Å². The molecule has 0 aliphatic heterocycles. The number of hydrogen-bond acceptors (Lipinski definition) is 2. The number of nitriles is 1. The van der Waals surface area contributed by atoms with Crippen LogP contribution in [-0.2, 0) is 4.79 Å². The maximum atomic E-state index is 12.8. The van der Waals surface area contributed by atoms with Gasteiger partial charge < -0.3 is 5.32 Å². The number of nitrogens with one attached hydrogen (secondary N) is 1. The molecule has 0 aliphatic rings. The molecule has 0 unspecified atom stereocenters. The molecule has 1 aromatic rings. The number of carbonyl (C=O) groups is 1. The number of rotatable bonds is 2. The van der Waals surface area contributed by atoms with Crippen LogP contribution in [0.4, 0.5) is 10.1 Å². The molecule has 0 aliphatic carbocycles. The average molecular weight is 292 g/mol. The molecule has 15 heavy (non-hydrogen) atoms. The summed E-state index contributed by atoms with van der Waals surface area (Å²) >= 11 is 8.77. The third-order valence-electron chi connectivity index (χ3n) is 1.51. The molecule has 0 saturated carbocycles. The first-order valence-electron chi connectivity index (χ1n) is 3.86. The maximum absolute atomic E-state index is 12.8. The summed E-state index contributed by atoms with van der Waals surface area (Å²) in [6, 6.07) is 3.95. The first-order valence-corrected chi connectivity index (χ1v) is 5.03. The lowest BCUT2D eigenvalue weighted by atomic mass is 10.3. The third-order valence-corrected chi connectivity index (χ3v) is 2.43. The van der Waals surface area contributed by atoms with Crippen LogP contribution in [0.15, 0.2) is 16.6 Å². The first kappa shape index (κ1) is 12.0. The monoisotopic (exact) mass is 290 g/mol. The van der Waals surface area contributed by atoms with Crippen molar-refractivity contribution in [3.8, 4) is 6.07 Å². The standard InChI is InChI=1S/C9H5BrClFN2O/c10-6-3-5(12)4-7(11)9(6)14-8(15)1-2-13/h3-4H,1H2,(H,14,15). The Kier molecular flexibility index (Phi) is 4.06. The molecule has 0 bridgehead atoms. The van der Waals surface area contributed by atoms with Gasteiger partial charge in [0.25, 0.3) is 0 Å². The summed E-state index contributed by atoms with van der Waals surface area (Å²) in [5.41, 5.74) is 0.262. The molecule has 0 heterocycles. The second-order valence-electron chi connectivity index (χ2n) is 2.63. The molecule has 78 valence electrons. The minimum absolute atomic E-state index is 0.0770. The zero-order chi connectivity index (χ0) is 11.4. The summed E-state index contributed by atoms with van der Waals surface area (Å²) < 4.78 is 13.1. The van der Waals surface area contributed by atoms with Gasteiger partial charge >= 0.3 is 0 Å². The van der Waals surface area contributed by atoms with Crippen molar-refractivity contribution in [1.82, 2.24) is 0 Å². The van der Waals surface area contributed by atoms with Gasteiger partial charge in [0.15, 0.2) is 0 Å². The SMILES string of the molecule is N#CCC(=O)Nc1c(Cl)cc(F)cc1Br. The van der Waals surface area contributed by atoms with Crippen molar-refractivity contribution in [2.75, 3.05) is 5.32 Å². The van der Waals surface area contributed by atoms with Crippen molar-refractivity contribution in [2.45, 2.75) is 6.42 Å². The normalized spacial score (nSPS) is 9.47. The number of carbonyl (C=O) groups excluding carboxylic acids is 1. The Morgan fingerprint density at radius 2 is 2.33 bits per heavy atom. The number of hydrogen-bond donors (Lipinski definition) is 1. The van der Waals surface area contributed by atoms with Crippen LogP contribution in [-0.4, -0.2) is 5.91 Å². The molecule has 0 spiro atoms. The van der Waals surface area contributed by atoms with Crippen molar-refractivity contribution in [3.63, 3.8) is 0 Å². The van der Waals surface area contributed by atoms with E-state index in [9.17, 15) is 9.18 Å². The van der Waals surface area contributed by atoms with E-state index in [1.165, 1.54) is 6.07 Å². The van der Waals surface area contributed by atoms with Gasteiger partial charge in [0.2, 0.25) is 5.91 Å². The zero-order valence-corrected chi connectivity index (χ0v) is 9.69. The molecule has 1 aromatic carbocycles. The smallest absolute Gasteiger partial charge is 0.238 e. The molecule has 0 saturated heterocycles. The van der Waals surface area contributed by atoms with Crippen LogP contribution in [0.1, 0.15) is 6.42 Å². The highest BCUT2D eigenvalue weighted by Crippen LogP contribution is 2.31. The molecule has 6 heteroatoms. The van der Waals surface area contributed by atoms with Crippen molar-refractivity contribution in [1.29, 1.82) is 5.26 Å². The predicted octanol–water partition coefficient (Wildman–Crippen LogP) is 3.09. The second-order valence-corrected chi connectivity index (χ2v) is 3.89. The fraction of sp³-hybridized carbons (Fsp3) is 0.111. The van der Waals surface area contributed by atoms with Crippen LogP contribution < -0.4 is 5.32 Å². The van der Waals surface area contributed by atoms with Crippen molar-refractivity contribution in [3.05, 3.63) is 27.4 Å². The van der Waals surface area contributed by atoms with Crippen LogP contribution in [0.2, 0.25) is 5.02 Å². The van der Waals surface area contributed by atoms with E-state index in [0.717, 1.165) is 6.07 Å². The van der Waals surface area contributed by atoms with E-state index >= 15 is 0 Å². The lowest BCUT2D eigenvalue weighted by Gasteiger charge is -2.07. The van der Waals surface area contributed by atoms with E-state index in [0.29, 0.717) is 4.47 Å². The second kappa shape index (κ2) is 5.10. The Balaban J connectivity index is 2.96. The highest BCUT2D eigenvalue weighted by Gasteiger charge is 2.10. The van der Waals surface area contributed by atoms with Crippen LogP contribution in [0.5, 0.6) is 0 Å². The molecule has 3 nitrogen and oxygen atoms in total. The molecular weight excluding hydrogens is 286 g/mol. The van der Waals surface area contributed by atoms with Crippen LogP contribution in [0.3, 0.4) is 0 Å². The third kappa shape index (κ3) is 3.18. The molecule has 1 N–H and O–H groups in total. The topological polar surface area (TPSA) is 52.9 Å². The van der Waals surface area contributed by atoms with Gasteiger partial charge in [-0.25, -0.2) is 4.39 Å².